The molecular formula is C26H27N3OS3. The van der Waals surface area contributed by atoms with Gasteiger partial charge in [-0.15, -0.1) is 34.4 Å². The van der Waals surface area contributed by atoms with Gasteiger partial charge in [0.2, 0.25) is 5.91 Å². The summed E-state index contributed by atoms with van der Waals surface area (Å²) in [5.74, 6) is 0.422. The van der Waals surface area contributed by atoms with Gasteiger partial charge in [0, 0.05) is 34.5 Å². The molecule has 1 amide bonds. The SMILES string of the molecule is Cc1ccc(SCC(=O)Nc2sc3c(c2-c2nc4ccccc4s2)CCN(C(C)C)C3)cc1. The lowest BCUT2D eigenvalue weighted by atomic mass is 10.0. The van der Waals surface area contributed by atoms with Gasteiger partial charge in [-0.05, 0) is 57.0 Å². The molecule has 0 unspecified atom stereocenters. The Morgan fingerprint density at radius 1 is 1.15 bits per heavy atom. The first-order valence-electron chi connectivity index (χ1n) is 11.2. The highest BCUT2D eigenvalue weighted by Crippen LogP contribution is 2.46. The fourth-order valence-corrected chi connectivity index (χ4v) is 7.20. The van der Waals surface area contributed by atoms with Gasteiger partial charge in [0.1, 0.15) is 10.0 Å². The summed E-state index contributed by atoms with van der Waals surface area (Å²) >= 11 is 5.01. The second kappa shape index (κ2) is 9.58. The second-order valence-electron chi connectivity index (χ2n) is 8.66. The monoisotopic (exact) mass is 493 g/mol. The summed E-state index contributed by atoms with van der Waals surface area (Å²) in [7, 11) is 0. The van der Waals surface area contributed by atoms with Crippen LogP contribution in [0.4, 0.5) is 5.00 Å². The molecule has 0 saturated carbocycles. The third-order valence-electron chi connectivity index (χ3n) is 5.97. The topological polar surface area (TPSA) is 45.2 Å². The Labute approximate surface area is 207 Å². The van der Waals surface area contributed by atoms with E-state index in [1.54, 1.807) is 34.4 Å². The highest BCUT2D eigenvalue weighted by Gasteiger charge is 2.28. The van der Waals surface area contributed by atoms with Crippen LogP contribution in [0, 0.1) is 6.92 Å². The summed E-state index contributed by atoms with van der Waals surface area (Å²) < 4.78 is 1.18. The normalized spacial score (nSPS) is 14.1. The van der Waals surface area contributed by atoms with Gasteiger partial charge in [-0.1, -0.05) is 29.8 Å². The molecule has 1 aliphatic heterocycles. The van der Waals surface area contributed by atoms with Gasteiger partial charge >= 0.3 is 0 Å². The number of hydrogen-bond acceptors (Lipinski definition) is 6. The molecule has 0 fully saturated rings. The fourth-order valence-electron chi connectivity index (χ4n) is 4.10. The van der Waals surface area contributed by atoms with Crippen molar-refractivity contribution in [2.75, 3.05) is 17.6 Å². The Hall–Kier alpha value is -2.19. The van der Waals surface area contributed by atoms with Crippen LogP contribution in [-0.4, -0.2) is 34.1 Å². The fraction of sp³-hybridized carbons (Fsp3) is 0.308. The van der Waals surface area contributed by atoms with Crippen LogP contribution in [0.3, 0.4) is 0 Å². The van der Waals surface area contributed by atoms with Crippen molar-refractivity contribution in [3.63, 3.8) is 0 Å². The first-order valence-corrected chi connectivity index (χ1v) is 13.8. The number of benzene rings is 2. The van der Waals surface area contributed by atoms with E-state index in [1.165, 1.54) is 20.7 Å². The van der Waals surface area contributed by atoms with Gasteiger partial charge in [-0.25, -0.2) is 4.98 Å². The number of anilines is 1. The zero-order valence-corrected chi connectivity index (χ0v) is 21.5. The molecule has 4 aromatic rings. The number of thiazole rings is 1. The van der Waals surface area contributed by atoms with E-state index in [-0.39, 0.29) is 5.91 Å². The molecule has 0 aliphatic carbocycles. The third kappa shape index (κ3) is 4.87. The number of nitrogens with one attached hydrogen (secondary N) is 1. The minimum absolute atomic E-state index is 0.0299. The van der Waals surface area contributed by atoms with Crippen molar-refractivity contribution in [3.05, 3.63) is 64.5 Å². The van der Waals surface area contributed by atoms with E-state index in [1.807, 2.05) is 6.07 Å². The standard InChI is InChI=1S/C26H27N3OS3/c1-16(2)29-13-12-19-22(14-29)33-26(24(19)25-27-20-6-4-5-7-21(20)32-25)28-23(30)15-31-18-10-8-17(3)9-11-18/h4-11,16H,12-15H2,1-3H3,(H,28,30). The maximum atomic E-state index is 12.9. The van der Waals surface area contributed by atoms with Crippen LogP contribution in [0.2, 0.25) is 0 Å². The van der Waals surface area contributed by atoms with Crippen LogP contribution in [0.1, 0.15) is 29.9 Å². The van der Waals surface area contributed by atoms with Crippen LogP contribution >= 0.6 is 34.4 Å². The number of hydrogen-bond donors (Lipinski definition) is 1. The number of rotatable bonds is 6. The van der Waals surface area contributed by atoms with Crippen LogP contribution in [0.25, 0.3) is 20.8 Å². The van der Waals surface area contributed by atoms with Crippen molar-refractivity contribution in [1.29, 1.82) is 0 Å². The molecule has 0 saturated heterocycles. The lowest BCUT2D eigenvalue weighted by Crippen LogP contribution is -2.35. The zero-order valence-electron chi connectivity index (χ0n) is 19.1. The number of carbonyl (C=O) groups excluding carboxylic acids is 1. The van der Waals surface area contributed by atoms with E-state index in [9.17, 15) is 4.79 Å². The molecule has 2 aromatic heterocycles. The van der Waals surface area contributed by atoms with E-state index in [0.717, 1.165) is 45.5 Å². The molecule has 0 radical (unpaired) electrons. The number of nitrogens with zero attached hydrogens (tertiary/aromatic N) is 2. The third-order valence-corrected chi connectivity index (χ3v) is 9.17. The van der Waals surface area contributed by atoms with Crippen molar-refractivity contribution >= 4 is 55.6 Å². The minimum Gasteiger partial charge on any atom is -0.316 e. The summed E-state index contributed by atoms with van der Waals surface area (Å²) in [5.41, 5.74) is 4.74. The van der Waals surface area contributed by atoms with Crippen LogP contribution in [0.5, 0.6) is 0 Å². The first kappa shape index (κ1) is 22.6. The maximum Gasteiger partial charge on any atom is 0.235 e. The van der Waals surface area contributed by atoms with Crippen LogP contribution in [0.15, 0.2) is 53.4 Å². The van der Waals surface area contributed by atoms with Crippen molar-refractivity contribution in [1.82, 2.24) is 9.88 Å². The highest BCUT2D eigenvalue weighted by molar-refractivity contribution is 8.00. The number of thioether (sulfide) groups is 1. The number of para-hydroxylation sites is 1. The average Bonchev–Trinajstić information content (AvgIpc) is 3.38. The van der Waals surface area contributed by atoms with Crippen LogP contribution in [-0.2, 0) is 17.8 Å². The molecule has 0 atom stereocenters. The van der Waals surface area contributed by atoms with Gasteiger partial charge in [0.25, 0.3) is 0 Å². The van der Waals surface area contributed by atoms with E-state index in [4.69, 9.17) is 4.98 Å². The molecule has 1 N–H and O–H groups in total. The smallest absolute Gasteiger partial charge is 0.235 e. The van der Waals surface area contributed by atoms with Gasteiger partial charge in [-0.3, -0.25) is 9.69 Å². The molecule has 33 heavy (non-hydrogen) atoms. The summed E-state index contributed by atoms with van der Waals surface area (Å²) in [4.78, 5) is 22.8. The lowest BCUT2D eigenvalue weighted by Gasteiger charge is -2.30. The second-order valence-corrected chi connectivity index (χ2v) is 11.8. The summed E-state index contributed by atoms with van der Waals surface area (Å²) in [6.07, 6.45) is 0.989. The van der Waals surface area contributed by atoms with Gasteiger partial charge in [-0.2, -0.15) is 0 Å². The van der Waals surface area contributed by atoms with Crippen LogP contribution < -0.4 is 5.32 Å². The Morgan fingerprint density at radius 3 is 2.70 bits per heavy atom. The minimum atomic E-state index is 0.0299. The highest BCUT2D eigenvalue weighted by atomic mass is 32.2. The quantitative estimate of drug-likeness (QED) is 0.299. The Bertz CT molecular complexity index is 1260. The molecule has 170 valence electrons. The van der Waals surface area contributed by atoms with E-state index in [0.29, 0.717) is 11.8 Å². The van der Waals surface area contributed by atoms with Gasteiger partial charge in [0.15, 0.2) is 0 Å². The van der Waals surface area contributed by atoms with Crippen molar-refractivity contribution in [2.45, 2.75) is 44.7 Å². The number of thiophene rings is 1. The number of aromatic nitrogens is 1. The number of fused-ring (bicyclic) bond motifs is 2. The molecule has 2 aromatic carbocycles. The molecule has 5 rings (SSSR count). The zero-order chi connectivity index (χ0) is 22.9. The first-order chi connectivity index (χ1) is 16.0. The lowest BCUT2D eigenvalue weighted by molar-refractivity contribution is -0.113. The summed E-state index contributed by atoms with van der Waals surface area (Å²) in [6, 6.07) is 17.1. The number of carbonyl (C=O) groups is 1. The summed E-state index contributed by atoms with van der Waals surface area (Å²) in [5, 5.41) is 5.19. The Kier molecular flexibility index (Phi) is 6.56. The molecule has 4 nitrogen and oxygen atoms in total. The predicted molar refractivity (Wildman–Crippen MR) is 143 cm³/mol. The summed E-state index contributed by atoms with van der Waals surface area (Å²) in [6.45, 7) is 8.54. The number of aryl methyl sites for hydroxylation is 1. The molecule has 3 heterocycles. The van der Waals surface area contributed by atoms with Crippen molar-refractivity contribution in [3.8, 4) is 10.6 Å². The molecule has 1 aliphatic rings. The van der Waals surface area contributed by atoms with Crippen molar-refractivity contribution in [2.24, 2.45) is 0 Å². The van der Waals surface area contributed by atoms with E-state index < -0.39 is 0 Å². The molecular weight excluding hydrogens is 467 g/mol. The largest absolute Gasteiger partial charge is 0.316 e. The van der Waals surface area contributed by atoms with Crippen molar-refractivity contribution < 1.29 is 4.79 Å². The molecule has 0 bridgehead atoms. The number of amides is 1. The predicted octanol–water partition coefficient (Wildman–Crippen LogP) is 6.83. The van der Waals surface area contributed by atoms with E-state index >= 15 is 0 Å². The molecule has 7 heteroatoms. The van der Waals surface area contributed by atoms with Gasteiger partial charge in [0.05, 0.1) is 16.0 Å². The molecule has 0 spiro atoms. The van der Waals surface area contributed by atoms with E-state index in [2.05, 4.69) is 73.5 Å². The average molecular weight is 494 g/mol. The maximum absolute atomic E-state index is 12.9. The van der Waals surface area contributed by atoms with Gasteiger partial charge < -0.3 is 5.32 Å². The Morgan fingerprint density at radius 2 is 1.94 bits per heavy atom. The Balaban J connectivity index is 1.44.